The molecule has 1 rings (SSSR count). The van der Waals surface area contributed by atoms with Crippen LogP contribution in [0.1, 0.15) is 59.8 Å². The van der Waals surface area contributed by atoms with Crippen molar-refractivity contribution in [1.29, 1.82) is 0 Å². The minimum absolute atomic E-state index is 0.201. The average molecular weight is 218 g/mol. The summed E-state index contributed by atoms with van der Waals surface area (Å²) in [5, 5.41) is 0. The van der Waals surface area contributed by atoms with Gasteiger partial charge >= 0.3 is 0 Å². The van der Waals surface area contributed by atoms with Crippen LogP contribution in [0.5, 0.6) is 0 Å². The molecule has 0 aliphatic rings. The molecule has 0 bridgehead atoms. The van der Waals surface area contributed by atoms with Crippen LogP contribution < -0.4 is 0 Å². The molecular weight excluding hydrogens is 196 g/mol. The fourth-order valence-electron chi connectivity index (χ4n) is 2.48. The zero-order chi connectivity index (χ0) is 12.3. The summed E-state index contributed by atoms with van der Waals surface area (Å²) in [6, 6.07) is 2.17. The van der Waals surface area contributed by atoms with Gasteiger partial charge in [0.15, 0.2) is 5.78 Å². The van der Waals surface area contributed by atoms with Crippen LogP contribution in [0.4, 0.5) is 0 Å². The second kappa shape index (κ2) is 5.29. The first-order valence-electron chi connectivity index (χ1n) is 6.15. The van der Waals surface area contributed by atoms with Crippen molar-refractivity contribution in [2.75, 3.05) is 0 Å². The summed E-state index contributed by atoms with van der Waals surface area (Å²) in [6.07, 6.45) is 3.14. The monoisotopic (exact) mass is 218 g/mol. The Bertz CT molecular complexity index is 402. The van der Waals surface area contributed by atoms with Gasteiger partial charge in [-0.3, -0.25) is 4.79 Å². The third kappa shape index (κ3) is 2.34. The number of aryl methyl sites for hydroxylation is 2. The van der Waals surface area contributed by atoms with Gasteiger partial charge in [-0.1, -0.05) is 26.3 Å². The van der Waals surface area contributed by atoms with E-state index in [-0.39, 0.29) is 5.78 Å². The molecule has 0 aliphatic heterocycles. The normalized spacial score (nSPS) is 10.6. The SMILES string of the molecule is CCCc1c(C)c(CC)cc(C)c1C(C)=O. The smallest absolute Gasteiger partial charge is 0.160 e. The van der Waals surface area contributed by atoms with E-state index in [0.29, 0.717) is 0 Å². The maximum atomic E-state index is 11.7. The molecule has 1 heteroatoms. The summed E-state index contributed by atoms with van der Waals surface area (Å²) in [4.78, 5) is 11.7. The van der Waals surface area contributed by atoms with Gasteiger partial charge in [0, 0.05) is 5.56 Å². The summed E-state index contributed by atoms with van der Waals surface area (Å²) >= 11 is 0. The summed E-state index contributed by atoms with van der Waals surface area (Å²) < 4.78 is 0. The highest BCUT2D eigenvalue weighted by Crippen LogP contribution is 2.25. The second-order valence-electron chi connectivity index (χ2n) is 4.49. The lowest BCUT2D eigenvalue weighted by atomic mass is 9.88. The van der Waals surface area contributed by atoms with Gasteiger partial charge in [-0.2, -0.15) is 0 Å². The Morgan fingerprint density at radius 3 is 2.31 bits per heavy atom. The molecule has 0 saturated carbocycles. The number of rotatable bonds is 4. The lowest BCUT2D eigenvalue weighted by molar-refractivity contribution is 0.101. The van der Waals surface area contributed by atoms with Crippen molar-refractivity contribution in [3.05, 3.63) is 33.9 Å². The molecule has 0 spiro atoms. The van der Waals surface area contributed by atoms with Crippen LogP contribution in [0.2, 0.25) is 0 Å². The zero-order valence-electron chi connectivity index (χ0n) is 11.1. The fourth-order valence-corrected chi connectivity index (χ4v) is 2.48. The molecular formula is C15H22O. The Morgan fingerprint density at radius 1 is 1.25 bits per heavy atom. The quantitative estimate of drug-likeness (QED) is 0.698. The van der Waals surface area contributed by atoms with Crippen molar-refractivity contribution in [3.63, 3.8) is 0 Å². The van der Waals surface area contributed by atoms with Crippen LogP contribution in [0.25, 0.3) is 0 Å². The second-order valence-corrected chi connectivity index (χ2v) is 4.49. The van der Waals surface area contributed by atoms with Gasteiger partial charge in [0.2, 0.25) is 0 Å². The third-order valence-electron chi connectivity index (χ3n) is 3.25. The van der Waals surface area contributed by atoms with Gasteiger partial charge in [0.05, 0.1) is 0 Å². The maximum Gasteiger partial charge on any atom is 0.160 e. The van der Waals surface area contributed by atoms with Crippen molar-refractivity contribution in [1.82, 2.24) is 0 Å². The van der Waals surface area contributed by atoms with E-state index in [1.165, 1.54) is 16.7 Å². The predicted molar refractivity (Wildman–Crippen MR) is 69.3 cm³/mol. The number of ketones is 1. The van der Waals surface area contributed by atoms with Crippen molar-refractivity contribution < 1.29 is 4.79 Å². The first-order chi connectivity index (χ1) is 7.52. The van der Waals surface area contributed by atoms with E-state index in [0.717, 1.165) is 30.4 Å². The molecule has 0 atom stereocenters. The van der Waals surface area contributed by atoms with E-state index >= 15 is 0 Å². The van der Waals surface area contributed by atoms with Crippen molar-refractivity contribution in [3.8, 4) is 0 Å². The van der Waals surface area contributed by atoms with Crippen molar-refractivity contribution in [2.24, 2.45) is 0 Å². The van der Waals surface area contributed by atoms with E-state index in [1.54, 1.807) is 6.92 Å². The Balaban J connectivity index is 3.48. The number of Topliss-reactive ketones (excluding diaryl/α,β-unsaturated/α-hetero) is 1. The molecule has 0 fully saturated rings. The molecule has 0 aliphatic carbocycles. The lowest BCUT2D eigenvalue weighted by Crippen LogP contribution is -2.07. The first kappa shape index (κ1) is 13.0. The van der Waals surface area contributed by atoms with Crippen molar-refractivity contribution in [2.45, 2.75) is 53.9 Å². The van der Waals surface area contributed by atoms with Gasteiger partial charge in [-0.25, -0.2) is 0 Å². The topological polar surface area (TPSA) is 17.1 Å². The number of hydrogen-bond donors (Lipinski definition) is 0. The van der Waals surface area contributed by atoms with Crippen LogP contribution in [-0.2, 0) is 12.8 Å². The van der Waals surface area contributed by atoms with Crippen LogP contribution in [0.15, 0.2) is 6.07 Å². The lowest BCUT2D eigenvalue weighted by Gasteiger charge is -2.16. The molecule has 0 unspecified atom stereocenters. The van der Waals surface area contributed by atoms with E-state index in [2.05, 4.69) is 33.8 Å². The standard InChI is InChI=1S/C15H22O/c1-6-8-14-11(4)13(7-2)9-10(3)15(14)12(5)16/h9H,6-8H2,1-5H3. The maximum absolute atomic E-state index is 11.7. The van der Waals surface area contributed by atoms with Crippen LogP contribution in [-0.4, -0.2) is 5.78 Å². The van der Waals surface area contributed by atoms with E-state index in [9.17, 15) is 4.79 Å². The molecule has 1 aromatic rings. The highest BCUT2D eigenvalue weighted by atomic mass is 16.1. The Labute approximate surface area is 98.9 Å². The van der Waals surface area contributed by atoms with Crippen LogP contribution in [0.3, 0.4) is 0 Å². The third-order valence-corrected chi connectivity index (χ3v) is 3.25. The summed E-state index contributed by atoms with van der Waals surface area (Å²) in [7, 11) is 0. The Hall–Kier alpha value is -1.11. The summed E-state index contributed by atoms with van der Waals surface area (Å²) in [5.41, 5.74) is 6.06. The first-order valence-corrected chi connectivity index (χ1v) is 6.15. The Morgan fingerprint density at radius 2 is 1.88 bits per heavy atom. The molecule has 0 heterocycles. The fraction of sp³-hybridized carbons (Fsp3) is 0.533. The molecule has 88 valence electrons. The van der Waals surface area contributed by atoms with Gasteiger partial charge in [-0.05, 0) is 55.9 Å². The average Bonchev–Trinajstić information content (AvgIpc) is 2.22. The number of carbonyl (C=O) groups excluding carboxylic acids is 1. The van der Waals surface area contributed by atoms with Crippen LogP contribution in [0, 0.1) is 13.8 Å². The molecule has 0 aromatic heterocycles. The van der Waals surface area contributed by atoms with Gasteiger partial charge in [0.1, 0.15) is 0 Å². The molecule has 1 nitrogen and oxygen atoms in total. The zero-order valence-corrected chi connectivity index (χ0v) is 11.1. The molecule has 0 radical (unpaired) electrons. The van der Waals surface area contributed by atoms with E-state index in [1.807, 2.05) is 0 Å². The molecule has 16 heavy (non-hydrogen) atoms. The van der Waals surface area contributed by atoms with Crippen LogP contribution >= 0.6 is 0 Å². The minimum atomic E-state index is 0.201. The highest BCUT2D eigenvalue weighted by molar-refractivity contribution is 5.97. The van der Waals surface area contributed by atoms with E-state index < -0.39 is 0 Å². The Kier molecular flexibility index (Phi) is 4.28. The summed E-state index contributed by atoms with van der Waals surface area (Å²) in [6.45, 7) is 10.2. The largest absolute Gasteiger partial charge is 0.294 e. The van der Waals surface area contributed by atoms with Gasteiger partial charge in [0.25, 0.3) is 0 Å². The summed E-state index contributed by atoms with van der Waals surface area (Å²) in [5.74, 6) is 0.201. The number of carbonyl (C=O) groups is 1. The highest BCUT2D eigenvalue weighted by Gasteiger charge is 2.14. The van der Waals surface area contributed by atoms with Crippen molar-refractivity contribution >= 4 is 5.78 Å². The molecule has 0 saturated heterocycles. The number of benzene rings is 1. The van der Waals surface area contributed by atoms with E-state index in [4.69, 9.17) is 0 Å². The predicted octanol–water partition coefficient (Wildman–Crippen LogP) is 4.02. The molecule has 1 aromatic carbocycles. The molecule has 0 N–H and O–H groups in total. The minimum Gasteiger partial charge on any atom is -0.294 e. The van der Waals surface area contributed by atoms with Gasteiger partial charge < -0.3 is 0 Å². The number of hydrogen-bond acceptors (Lipinski definition) is 1. The molecule has 0 amide bonds. The van der Waals surface area contributed by atoms with Gasteiger partial charge in [-0.15, -0.1) is 0 Å².